The van der Waals surface area contributed by atoms with E-state index in [2.05, 4.69) is 123 Å². The maximum Gasteiger partial charge on any atom is 0.124 e. The Bertz CT molecular complexity index is 1540. The molecule has 5 rings (SSSR count). The van der Waals surface area contributed by atoms with Crippen molar-refractivity contribution in [2.75, 3.05) is 0 Å². The normalized spacial score (nSPS) is 14.1. The van der Waals surface area contributed by atoms with Crippen LogP contribution >= 0.6 is 0 Å². The zero-order valence-electron chi connectivity index (χ0n) is 23.1. The van der Waals surface area contributed by atoms with Gasteiger partial charge in [-0.05, 0) is 50.8 Å². The Balaban J connectivity index is 1.34. The number of fused-ring (bicyclic) bond motifs is 1. The molecule has 0 spiro atoms. The molecule has 1 unspecified atom stereocenters. The SMILES string of the molecule is CC(C)(C)C(N)c1nc2ccc(-c3ccc(-c4ccc(-c5cnc([C@@H](N)C(C)(C)C)[nH]5)cc4)cc3)cc2[nH]1. The molecule has 196 valence electrons. The highest BCUT2D eigenvalue weighted by Crippen LogP contribution is 2.33. The van der Waals surface area contributed by atoms with Crippen LogP contribution < -0.4 is 11.5 Å². The number of hydrogen-bond acceptors (Lipinski definition) is 4. The zero-order valence-corrected chi connectivity index (χ0v) is 23.1. The van der Waals surface area contributed by atoms with Crippen LogP contribution in [0.5, 0.6) is 0 Å². The molecule has 2 atom stereocenters. The number of aromatic amines is 2. The number of benzene rings is 3. The van der Waals surface area contributed by atoms with E-state index in [1.54, 1.807) is 0 Å². The van der Waals surface area contributed by atoms with Gasteiger partial charge in [0, 0.05) is 0 Å². The second-order valence-corrected chi connectivity index (χ2v) is 12.4. The Labute approximate surface area is 224 Å². The van der Waals surface area contributed by atoms with Crippen LogP contribution in [0.25, 0.3) is 44.5 Å². The van der Waals surface area contributed by atoms with Gasteiger partial charge in [0.05, 0.1) is 35.0 Å². The summed E-state index contributed by atoms with van der Waals surface area (Å²) < 4.78 is 0. The van der Waals surface area contributed by atoms with Crippen molar-refractivity contribution in [3.8, 4) is 33.5 Å². The lowest BCUT2D eigenvalue weighted by molar-refractivity contribution is 0.317. The molecule has 6 heteroatoms. The molecule has 6 N–H and O–H groups in total. The van der Waals surface area contributed by atoms with Gasteiger partial charge in [0.25, 0.3) is 0 Å². The van der Waals surface area contributed by atoms with Crippen LogP contribution in [0, 0.1) is 10.8 Å². The van der Waals surface area contributed by atoms with Gasteiger partial charge in [-0.3, -0.25) is 0 Å². The van der Waals surface area contributed by atoms with Crippen molar-refractivity contribution in [1.82, 2.24) is 19.9 Å². The molecule has 0 aliphatic heterocycles. The summed E-state index contributed by atoms with van der Waals surface area (Å²) in [6, 6.07) is 23.2. The lowest BCUT2D eigenvalue weighted by Gasteiger charge is -2.24. The lowest BCUT2D eigenvalue weighted by atomic mass is 9.87. The molecule has 2 aromatic heterocycles. The molecule has 0 amide bonds. The first-order valence-corrected chi connectivity index (χ1v) is 13.2. The molecule has 0 fully saturated rings. The van der Waals surface area contributed by atoms with Gasteiger partial charge < -0.3 is 21.4 Å². The number of nitrogens with one attached hydrogen (secondary N) is 2. The molecule has 0 radical (unpaired) electrons. The monoisotopic (exact) mass is 506 g/mol. The molecule has 2 heterocycles. The predicted octanol–water partition coefficient (Wildman–Crippen LogP) is 7.38. The summed E-state index contributed by atoms with van der Waals surface area (Å²) in [6.07, 6.45) is 1.86. The Morgan fingerprint density at radius 1 is 0.605 bits per heavy atom. The third-order valence-corrected chi connectivity index (χ3v) is 7.30. The maximum absolute atomic E-state index is 6.42. The minimum absolute atomic E-state index is 0.0576. The molecule has 0 saturated carbocycles. The van der Waals surface area contributed by atoms with E-state index in [-0.39, 0.29) is 22.9 Å². The standard InChI is InChI=1S/C32H38N6/c1-31(2,3)27(33)29-35-18-26(38-29)22-13-11-20(12-14-22)19-7-9-21(10-8-19)23-15-16-24-25(17-23)37-30(36-24)28(34)32(4,5)6/h7-18,27-28H,33-34H2,1-6H3,(H,35,38)(H,36,37)/t27-,28?/m1/s1. The fraction of sp³-hybridized carbons (Fsp3) is 0.312. The first kappa shape index (κ1) is 25.9. The highest BCUT2D eigenvalue weighted by atomic mass is 15.0. The van der Waals surface area contributed by atoms with Gasteiger partial charge in [-0.15, -0.1) is 0 Å². The molecule has 38 heavy (non-hydrogen) atoms. The van der Waals surface area contributed by atoms with Crippen LogP contribution in [-0.2, 0) is 0 Å². The van der Waals surface area contributed by atoms with Crippen molar-refractivity contribution in [3.05, 3.63) is 84.6 Å². The zero-order chi connectivity index (χ0) is 27.2. The lowest BCUT2D eigenvalue weighted by Crippen LogP contribution is -2.27. The predicted molar refractivity (Wildman–Crippen MR) is 157 cm³/mol. The third kappa shape index (κ3) is 5.15. The summed E-state index contributed by atoms with van der Waals surface area (Å²) in [5.74, 6) is 1.64. The van der Waals surface area contributed by atoms with Gasteiger partial charge in [0.2, 0.25) is 0 Å². The molecular weight excluding hydrogens is 468 g/mol. The molecule has 5 aromatic rings. The van der Waals surface area contributed by atoms with Crippen molar-refractivity contribution >= 4 is 11.0 Å². The Morgan fingerprint density at radius 2 is 1.08 bits per heavy atom. The molecule has 0 aliphatic rings. The molecule has 0 bridgehead atoms. The molecule has 0 aliphatic carbocycles. The first-order chi connectivity index (χ1) is 17.9. The van der Waals surface area contributed by atoms with E-state index >= 15 is 0 Å². The average molecular weight is 507 g/mol. The summed E-state index contributed by atoms with van der Waals surface area (Å²) in [5.41, 5.74) is 21.3. The first-order valence-electron chi connectivity index (χ1n) is 13.2. The van der Waals surface area contributed by atoms with Crippen LogP contribution in [0.2, 0.25) is 0 Å². The van der Waals surface area contributed by atoms with Gasteiger partial charge in [0.1, 0.15) is 11.6 Å². The van der Waals surface area contributed by atoms with E-state index < -0.39 is 0 Å². The van der Waals surface area contributed by atoms with Gasteiger partial charge in [-0.1, -0.05) is 96.1 Å². The summed E-state index contributed by atoms with van der Waals surface area (Å²) in [5, 5.41) is 0. The quantitative estimate of drug-likeness (QED) is 0.199. The van der Waals surface area contributed by atoms with Crippen LogP contribution in [-0.4, -0.2) is 19.9 Å². The second kappa shape index (κ2) is 9.53. The van der Waals surface area contributed by atoms with Gasteiger partial charge in [-0.25, -0.2) is 9.97 Å². The smallest absolute Gasteiger partial charge is 0.124 e. The number of nitrogens with two attached hydrogens (primary N) is 2. The van der Waals surface area contributed by atoms with Crippen molar-refractivity contribution in [3.63, 3.8) is 0 Å². The summed E-state index contributed by atoms with van der Waals surface area (Å²) in [7, 11) is 0. The molecular formula is C32H38N6. The third-order valence-electron chi connectivity index (χ3n) is 7.30. The number of imidazole rings is 2. The fourth-order valence-corrected chi connectivity index (χ4v) is 4.52. The van der Waals surface area contributed by atoms with E-state index in [4.69, 9.17) is 16.5 Å². The van der Waals surface area contributed by atoms with Gasteiger partial charge in [0.15, 0.2) is 0 Å². The van der Waals surface area contributed by atoms with Gasteiger partial charge in [-0.2, -0.15) is 0 Å². The largest absolute Gasteiger partial charge is 0.341 e. The van der Waals surface area contributed by atoms with Crippen molar-refractivity contribution in [2.45, 2.75) is 53.6 Å². The number of H-pyrrole nitrogens is 2. The Kier molecular flexibility index (Phi) is 6.49. The topological polar surface area (TPSA) is 109 Å². The van der Waals surface area contributed by atoms with Crippen LogP contribution in [0.3, 0.4) is 0 Å². The number of nitrogens with zero attached hydrogens (tertiary/aromatic N) is 2. The minimum atomic E-state index is -0.152. The summed E-state index contributed by atoms with van der Waals surface area (Å²) in [6.45, 7) is 12.7. The highest BCUT2D eigenvalue weighted by molar-refractivity contribution is 5.82. The molecule has 3 aromatic carbocycles. The summed E-state index contributed by atoms with van der Waals surface area (Å²) in [4.78, 5) is 16.1. The van der Waals surface area contributed by atoms with Crippen molar-refractivity contribution in [1.29, 1.82) is 0 Å². The van der Waals surface area contributed by atoms with Crippen molar-refractivity contribution < 1.29 is 0 Å². The average Bonchev–Trinajstić information content (AvgIpc) is 3.54. The number of aromatic nitrogens is 4. The highest BCUT2D eigenvalue weighted by Gasteiger charge is 2.26. The second-order valence-electron chi connectivity index (χ2n) is 12.4. The number of rotatable bonds is 5. The van der Waals surface area contributed by atoms with Crippen LogP contribution in [0.1, 0.15) is 65.3 Å². The van der Waals surface area contributed by atoms with E-state index in [1.165, 1.54) is 5.56 Å². The van der Waals surface area contributed by atoms with E-state index in [1.807, 2.05) is 6.20 Å². The summed E-state index contributed by atoms with van der Waals surface area (Å²) >= 11 is 0. The Morgan fingerprint density at radius 3 is 1.63 bits per heavy atom. The van der Waals surface area contributed by atoms with Gasteiger partial charge >= 0.3 is 0 Å². The van der Waals surface area contributed by atoms with E-state index in [0.717, 1.165) is 50.6 Å². The molecule has 6 nitrogen and oxygen atoms in total. The van der Waals surface area contributed by atoms with Crippen LogP contribution in [0.4, 0.5) is 0 Å². The number of hydrogen-bond donors (Lipinski definition) is 4. The maximum atomic E-state index is 6.42. The fourth-order valence-electron chi connectivity index (χ4n) is 4.52. The van der Waals surface area contributed by atoms with Crippen LogP contribution in [0.15, 0.2) is 72.9 Å². The van der Waals surface area contributed by atoms with E-state index in [0.29, 0.717) is 0 Å². The molecule has 0 saturated heterocycles. The Hall–Kier alpha value is -3.74. The van der Waals surface area contributed by atoms with E-state index in [9.17, 15) is 0 Å². The minimum Gasteiger partial charge on any atom is -0.341 e. The van der Waals surface area contributed by atoms with Crippen molar-refractivity contribution in [2.24, 2.45) is 22.3 Å².